The van der Waals surface area contributed by atoms with E-state index in [9.17, 15) is 22.8 Å². The van der Waals surface area contributed by atoms with Crippen LogP contribution in [0, 0.1) is 18.2 Å². The van der Waals surface area contributed by atoms with Crippen molar-refractivity contribution in [1.82, 2.24) is 9.55 Å². The van der Waals surface area contributed by atoms with Crippen LogP contribution in [0.15, 0.2) is 29.1 Å². The lowest BCUT2D eigenvalue weighted by Gasteiger charge is -2.28. The van der Waals surface area contributed by atoms with Crippen LogP contribution in [0.5, 0.6) is 5.75 Å². The number of carbonyl (C=O) groups excluding carboxylic acids is 1. The van der Waals surface area contributed by atoms with Gasteiger partial charge in [-0.15, -0.1) is 0 Å². The summed E-state index contributed by atoms with van der Waals surface area (Å²) >= 11 is 0. The lowest BCUT2D eigenvalue weighted by Crippen LogP contribution is -2.34. The molecule has 0 saturated heterocycles. The molecule has 27 heavy (non-hydrogen) atoms. The zero-order chi connectivity index (χ0) is 19.9. The minimum Gasteiger partial charge on any atom is -0.432 e. The number of ether oxygens (including phenoxy) is 1. The average molecular weight is 381 g/mol. The molecule has 1 saturated carbocycles. The molecule has 0 bridgehead atoms. The summed E-state index contributed by atoms with van der Waals surface area (Å²) in [5.74, 6) is -2.09. The first-order valence-corrected chi connectivity index (χ1v) is 8.26. The largest absolute Gasteiger partial charge is 0.432 e. The van der Waals surface area contributed by atoms with Crippen molar-refractivity contribution < 1.29 is 22.7 Å². The van der Waals surface area contributed by atoms with Crippen molar-refractivity contribution in [1.29, 1.82) is 0 Å². The van der Waals surface area contributed by atoms with Crippen LogP contribution in [-0.2, 0) is 0 Å². The summed E-state index contributed by atoms with van der Waals surface area (Å²) in [7, 11) is 0. The normalized spacial score (nSPS) is 16.2. The molecule has 6 nitrogen and oxygen atoms in total. The first-order valence-electron chi connectivity index (χ1n) is 8.26. The van der Waals surface area contributed by atoms with Gasteiger partial charge in [0, 0.05) is 6.07 Å². The monoisotopic (exact) mass is 381 g/mol. The number of benzene rings is 1. The molecule has 1 aromatic carbocycles. The summed E-state index contributed by atoms with van der Waals surface area (Å²) in [4.78, 5) is 28.0. The predicted octanol–water partition coefficient (Wildman–Crippen LogP) is 2.78. The van der Waals surface area contributed by atoms with Crippen molar-refractivity contribution in [3.8, 4) is 5.75 Å². The van der Waals surface area contributed by atoms with Crippen LogP contribution in [0.1, 0.15) is 47.7 Å². The summed E-state index contributed by atoms with van der Waals surface area (Å²) in [6.07, 6.45) is 1.58. The van der Waals surface area contributed by atoms with Crippen LogP contribution >= 0.6 is 0 Å². The van der Waals surface area contributed by atoms with Crippen molar-refractivity contribution in [2.45, 2.75) is 39.3 Å². The molecule has 1 aromatic heterocycles. The quantitative estimate of drug-likeness (QED) is 0.834. The first kappa shape index (κ1) is 18.9. The molecule has 1 fully saturated rings. The fourth-order valence-electron chi connectivity index (χ4n) is 3.26. The van der Waals surface area contributed by atoms with Crippen LogP contribution < -0.4 is 16.0 Å². The van der Waals surface area contributed by atoms with Gasteiger partial charge in [-0.1, -0.05) is 13.0 Å². The van der Waals surface area contributed by atoms with E-state index in [-0.39, 0.29) is 16.9 Å². The summed E-state index contributed by atoms with van der Waals surface area (Å²) in [6.45, 7) is 0.349. The Bertz CT molecular complexity index is 955. The van der Waals surface area contributed by atoms with Gasteiger partial charge in [-0.3, -0.25) is 14.2 Å². The van der Waals surface area contributed by atoms with E-state index in [4.69, 9.17) is 5.73 Å². The van der Waals surface area contributed by atoms with Gasteiger partial charge in [0.15, 0.2) is 11.6 Å². The van der Waals surface area contributed by atoms with E-state index in [1.807, 2.05) is 6.92 Å². The number of nitrogens with zero attached hydrogens (tertiary/aromatic N) is 2. The molecular formula is C18H18F3N3O3. The van der Waals surface area contributed by atoms with Gasteiger partial charge in [0.25, 0.3) is 11.5 Å². The number of rotatable bonds is 6. The summed E-state index contributed by atoms with van der Waals surface area (Å²) < 4.78 is 44.5. The second-order valence-corrected chi connectivity index (χ2v) is 6.89. The topological polar surface area (TPSA) is 87.2 Å². The molecule has 0 unspecified atom stereocenters. The molecule has 1 heterocycles. The fourth-order valence-corrected chi connectivity index (χ4v) is 3.26. The Morgan fingerprint density at radius 3 is 2.48 bits per heavy atom. The number of amides is 1. The number of hydrogen-bond donors (Lipinski definition) is 1. The molecule has 3 rings (SSSR count). The number of carbonyl (C=O) groups is 1. The molecule has 1 atom stereocenters. The van der Waals surface area contributed by atoms with Gasteiger partial charge >= 0.3 is 6.61 Å². The summed E-state index contributed by atoms with van der Waals surface area (Å²) in [6, 6.07) is 4.11. The summed E-state index contributed by atoms with van der Waals surface area (Å²) in [5.41, 5.74) is 4.63. The molecule has 144 valence electrons. The van der Waals surface area contributed by atoms with Gasteiger partial charge in [-0.2, -0.15) is 8.78 Å². The first-order chi connectivity index (χ1) is 12.6. The van der Waals surface area contributed by atoms with Crippen LogP contribution in [0.25, 0.3) is 0 Å². The molecule has 9 heteroatoms. The zero-order valence-electron chi connectivity index (χ0n) is 14.7. The van der Waals surface area contributed by atoms with E-state index in [0.29, 0.717) is 5.56 Å². The average Bonchev–Trinajstić information content (AvgIpc) is 3.30. The van der Waals surface area contributed by atoms with Gasteiger partial charge in [0.2, 0.25) is 0 Å². The van der Waals surface area contributed by atoms with E-state index in [0.717, 1.165) is 31.0 Å². The lowest BCUT2D eigenvalue weighted by molar-refractivity contribution is -0.0522. The van der Waals surface area contributed by atoms with Crippen molar-refractivity contribution in [2.24, 2.45) is 11.1 Å². The lowest BCUT2D eigenvalue weighted by atomic mass is 9.91. The van der Waals surface area contributed by atoms with Gasteiger partial charge in [0.1, 0.15) is 11.5 Å². The molecule has 2 N–H and O–H groups in total. The molecule has 0 spiro atoms. The van der Waals surface area contributed by atoms with E-state index in [1.54, 1.807) is 6.92 Å². The fraction of sp³-hybridized carbons (Fsp3) is 0.389. The zero-order valence-corrected chi connectivity index (χ0v) is 14.7. The van der Waals surface area contributed by atoms with E-state index in [2.05, 4.69) is 9.72 Å². The highest BCUT2D eigenvalue weighted by Gasteiger charge is 2.47. The van der Waals surface area contributed by atoms with E-state index >= 15 is 0 Å². The number of hydrogen-bond acceptors (Lipinski definition) is 4. The maximum absolute atomic E-state index is 14.2. The van der Waals surface area contributed by atoms with E-state index in [1.165, 1.54) is 10.6 Å². The number of nitrogens with two attached hydrogens (primary N) is 1. The standard InChI is InChI=1S/C18H18F3N3O3/c1-9-23-12(16(22)26)8-14(25)24(9)15(18(2)5-6-18)10-3-4-13(11(19)7-10)27-17(20)21/h3-4,7-8,15,17H,5-6H2,1-2H3,(H2,22,26)/t15-/m0/s1. The Morgan fingerprint density at radius 2 is 2.00 bits per heavy atom. The number of primary amides is 1. The minimum atomic E-state index is -3.14. The molecule has 2 aromatic rings. The second kappa shape index (κ2) is 6.71. The molecule has 1 aliphatic carbocycles. The number of alkyl halides is 2. The third-order valence-corrected chi connectivity index (χ3v) is 4.83. The third kappa shape index (κ3) is 3.67. The van der Waals surface area contributed by atoms with E-state index < -0.39 is 35.7 Å². The predicted molar refractivity (Wildman–Crippen MR) is 90.3 cm³/mol. The van der Waals surface area contributed by atoms with Gasteiger partial charge in [-0.25, -0.2) is 9.37 Å². The van der Waals surface area contributed by atoms with Crippen LogP contribution in [0.2, 0.25) is 0 Å². The Hall–Kier alpha value is -2.84. The van der Waals surface area contributed by atoms with Crippen molar-refractivity contribution in [3.63, 3.8) is 0 Å². The highest BCUT2D eigenvalue weighted by molar-refractivity contribution is 5.90. The Balaban J connectivity index is 2.11. The Kier molecular flexibility index (Phi) is 4.71. The number of halogens is 3. The molecule has 1 aliphatic rings. The third-order valence-electron chi connectivity index (χ3n) is 4.83. The smallest absolute Gasteiger partial charge is 0.387 e. The highest BCUT2D eigenvalue weighted by atomic mass is 19.3. The highest BCUT2D eigenvalue weighted by Crippen LogP contribution is 2.56. The Labute approximate surface area is 152 Å². The van der Waals surface area contributed by atoms with Crippen LogP contribution in [0.4, 0.5) is 13.2 Å². The second-order valence-electron chi connectivity index (χ2n) is 6.89. The molecule has 0 radical (unpaired) electrons. The van der Waals surface area contributed by atoms with Crippen LogP contribution in [-0.4, -0.2) is 22.1 Å². The van der Waals surface area contributed by atoms with Crippen molar-refractivity contribution in [3.05, 3.63) is 57.5 Å². The van der Waals surface area contributed by atoms with Gasteiger partial charge in [0.05, 0.1) is 6.04 Å². The van der Waals surface area contributed by atoms with Gasteiger partial charge < -0.3 is 10.5 Å². The van der Waals surface area contributed by atoms with Crippen molar-refractivity contribution in [2.75, 3.05) is 0 Å². The summed E-state index contributed by atoms with van der Waals surface area (Å²) in [5, 5.41) is 0. The van der Waals surface area contributed by atoms with Gasteiger partial charge in [-0.05, 0) is 42.9 Å². The maximum Gasteiger partial charge on any atom is 0.387 e. The molecular weight excluding hydrogens is 363 g/mol. The number of aryl methyl sites for hydroxylation is 1. The Morgan fingerprint density at radius 1 is 1.33 bits per heavy atom. The molecule has 0 aliphatic heterocycles. The molecule has 1 amide bonds. The minimum absolute atomic E-state index is 0.152. The number of aromatic nitrogens is 2. The SMILES string of the molecule is Cc1nc(C(N)=O)cc(=O)n1[C@@H](c1ccc(OC(F)F)c(F)c1)C1(C)CC1. The maximum atomic E-state index is 14.2. The van der Waals surface area contributed by atoms with Crippen LogP contribution in [0.3, 0.4) is 0 Å². The van der Waals surface area contributed by atoms with Crippen molar-refractivity contribution >= 4 is 5.91 Å².